The van der Waals surface area contributed by atoms with Gasteiger partial charge in [0.1, 0.15) is 5.92 Å². The van der Waals surface area contributed by atoms with Crippen LogP contribution in [0.15, 0.2) is 0 Å². The largest absolute Gasteiger partial charge is 0.298 e. The van der Waals surface area contributed by atoms with Crippen LogP contribution in [0.2, 0.25) is 0 Å². The monoisotopic (exact) mass is 165 g/mol. The molecule has 0 N–H and O–H groups in total. The van der Waals surface area contributed by atoms with E-state index >= 15 is 0 Å². The zero-order valence-corrected chi connectivity index (χ0v) is 7.92. The zero-order valence-electron chi connectivity index (χ0n) is 7.92. The molecule has 0 radical (unpaired) electrons. The lowest BCUT2D eigenvalue weighted by Gasteiger charge is -2.35. The van der Waals surface area contributed by atoms with E-state index in [2.05, 4.69) is 19.9 Å². The molecule has 0 heterocycles. The summed E-state index contributed by atoms with van der Waals surface area (Å²) in [6.07, 6.45) is 1.55. The average molecular weight is 165 g/mol. The van der Waals surface area contributed by atoms with Crippen LogP contribution in [0.3, 0.4) is 0 Å². The fraction of sp³-hybridized carbons (Fsp3) is 0.800. The van der Waals surface area contributed by atoms with E-state index in [4.69, 9.17) is 5.26 Å². The predicted octanol–water partition coefficient (Wildman–Crippen LogP) is 2.15. The van der Waals surface area contributed by atoms with E-state index in [1.54, 1.807) is 0 Å². The number of hydrogen-bond donors (Lipinski definition) is 0. The maximum atomic E-state index is 11.4. The maximum absolute atomic E-state index is 11.4. The SMILES string of the molecule is CC1CC(C)(C)CC(=O)C1C#N. The Labute approximate surface area is 73.6 Å². The van der Waals surface area contributed by atoms with Crippen LogP contribution in [0.5, 0.6) is 0 Å². The summed E-state index contributed by atoms with van der Waals surface area (Å²) in [6, 6.07) is 2.09. The summed E-state index contributed by atoms with van der Waals surface area (Å²) in [4.78, 5) is 11.4. The molecular weight excluding hydrogens is 150 g/mol. The predicted molar refractivity (Wildman–Crippen MR) is 46.3 cm³/mol. The second-order valence-corrected chi connectivity index (χ2v) is 4.60. The van der Waals surface area contributed by atoms with Crippen molar-refractivity contribution in [1.29, 1.82) is 5.26 Å². The third-order valence-corrected chi connectivity index (χ3v) is 2.58. The highest BCUT2D eigenvalue weighted by atomic mass is 16.1. The molecule has 0 amide bonds. The molecule has 2 nitrogen and oxygen atoms in total. The smallest absolute Gasteiger partial charge is 0.150 e. The van der Waals surface area contributed by atoms with Gasteiger partial charge in [-0.25, -0.2) is 0 Å². The quantitative estimate of drug-likeness (QED) is 0.551. The standard InChI is InChI=1S/C10H15NO/c1-7-4-10(2,3)5-9(12)8(7)6-11/h7-8H,4-5H2,1-3H3. The van der Waals surface area contributed by atoms with Gasteiger partial charge < -0.3 is 0 Å². The van der Waals surface area contributed by atoms with E-state index in [0.717, 1.165) is 6.42 Å². The Morgan fingerprint density at radius 3 is 2.58 bits per heavy atom. The number of carbonyl (C=O) groups excluding carboxylic acids is 1. The Hall–Kier alpha value is -0.840. The number of Topliss-reactive ketones (excluding diaryl/α,β-unsaturated/α-hetero) is 1. The van der Waals surface area contributed by atoms with Crippen LogP contribution in [0.25, 0.3) is 0 Å². The molecule has 1 fully saturated rings. The van der Waals surface area contributed by atoms with Gasteiger partial charge in [0.25, 0.3) is 0 Å². The summed E-state index contributed by atoms with van der Waals surface area (Å²) in [7, 11) is 0. The molecule has 1 aliphatic rings. The van der Waals surface area contributed by atoms with E-state index in [0.29, 0.717) is 6.42 Å². The van der Waals surface area contributed by atoms with Crippen molar-refractivity contribution in [3.05, 3.63) is 0 Å². The normalized spacial score (nSPS) is 34.3. The summed E-state index contributed by atoms with van der Waals surface area (Å²) in [5.74, 6) is 0.00512. The molecule has 0 saturated heterocycles. The van der Waals surface area contributed by atoms with Crippen molar-refractivity contribution < 1.29 is 4.79 Å². The van der Waals surface area contributed by atoms with Gasteiger partial charge in [-0.2, -0.15) is 5.26 Å². The highest BCUT2D eigenvalue weighted by Gasteiger charge is 2.38. The van der Waals surface area contributed by atoms with Gasteiger partial charge in [0.05, 0.1) is 6.07 Å². The number of nitriles is 1. The average Bonchev–Trinajstić information content (AvgIpc) is 1.82. The Kier molecular flexibility index (Phi) is 2.23. The van der Waals surface area contributed by atoms with Gasteiger partial charge >= 0.3 is 0 Å². The zero-order chi connectivity index (χ0) is 9.35. The minimum absolute atomic E-state index is 0.101. The maximum Gasteiger partial charge on any atom is 0.150 e. The highest BCUT2D eigenvalue weighted by molar-refractivity contribution is 5.84. The van der Waals surface area contributed by atoms with Gasteiger partial charge in [0, 0.05) is 6.42 Å². The van der Waals surface area contributed by atoms with E-state index in [-0.39, 0.29) is 23.0 Å². The Balaban J connectivity index is 2.79. The van der Waals surface area contributed by atoms with Gasteiger partial charge in [0.15, 0.2) is 5.78 Å². The molecule has 0 aromatic heterocycles. The van der Waals surface area contributed by atoms with Crippen LogP contribution >= 0.6 is 0 Å². The molecule has 0 spiro atoms. The van der Waals surface area contributed by atoms with Gasteiger partial charge in [-0.05, 0) is 17.8 Å². The van der Waals surface area contributed by atoms with Crippen molar-refractivity contribution in [2.75, 3.05) is 0 Å². The first-order valence-corrected chi connectivity index (χ1v) is 4.38. The number of rotatable bonds is 0. The minimum Gasteiger partial charge on any atom is -0.298 e. The number of nitrogens with zero attached hydrogens (tertiary/aromatic N) is 1. The molecule has 0 aromatic rings. The van der Waals surface area contributed by atoms with Crippen LogP contribution in [-0.2, 0) is 4.79 Å². The van der Waals surface area contributed by atoms with Crippen LogP contribution in [-0.4, -0.2) is 5.78 Å². The third-order valence-electron chi connectivity index (χ3n) is 2.58. The molecular formula is C10H15NO. The number of carbonyl (C=O) groups is 1. The van der Waals surface area contributed by atoms with Crippen LogP contribution in [0.4, 0.5) is 0 Å². The van der Waals surface area contributed by atoms with Crippen molar-refractivity contribution in [1.82, 2.24) is 0 Å². The van der Waals surface area contributed by atoms with Crippen molar-refractivity contribution in [2.24, 2.45) is 17.3 Å². The van der Waals surface area contributed by atoms with E-state index in [9.17, 15) is 4.79 Å². The molecule has 0 bridgehead atoms. The molecule has 2 heteroatoms. The Morgan fingerprint density at radius 1 is 1.58 bits per heavy atom. The third kappa shape index (κ3) is 1.66. The van der Waals surface area contributed by atoms with E-state index < -0.39 is 0 Å². The Morgan fingerprint density at radius 2 is 2.17 bits per heavy atom. The summed E-state index contributed by atoms with van der Waals surface area (Å²) in [6.45, 7) is 6.18. The van der Waals surface area contributed by atoms with Crippen LogP contribution < -0.4 is 0 Å². The number of ketones is 1. The lowest BCUT2D eigenvalue weighted by atomic mass is 9.67. The summed E-state index contributed by atoms with van der Waals surface area (Å²) < 4.78 is 0. The molecule has 12 heavy (non-hydrogen) atoms. The lowest BCUT2D eigenvalue weighted by molar-refractivity contribution is -0.127. The molecule has 66 valence electrons. The van der Waals surface area contributed by atoms with Gasteiger partial charge in [0.2, 0.25) is 0 Å². The van der Waals surface area contributed by atoms with Crippen molar-refractivity contribution >= 4 is 5.78 Å². The first-order valence-electron chi connectivity index (χ1n) is 4.38. The van der Waals surface area contributed by atoms with Crippen molar-refractivity contribution in [2.45, 2.75) is 33.6 Å². The second-order valence-electron chi connectivity index (χ2n) is 4.60. The molecule has 1 aliphatic carbocycles. The molecule has 1 saturated carbocycles. The topological polar surface area (TPSA) is 40.9 Å². The van der Waals surface area contributed by atoms with Crippen LogP contribution in [0, 0.1) is 28.6 Å². The second kappa shape index (κ2) is 2.90. The molecule has 0 aromatic carbocycles. The highest BCUT2D eigenvalue weighted by Crippen LogP contribution is 2.39. The van der Waals surface area contributed by atoms with Gasteiger partial charge in [-0.3, -0.25) is 4.79 Å². The number of hydrogen-bond acceptors (Lipinski definition) is 2. The Bertz CT molecular complexity index is 237. The van der Waals surface area contributed by atoms with Crippen molar-refractivity contribution in [3.63, 3.8) is 0 Å². The fourth-order valence-electron chi connectivity index (χ4n) is 2.16. The lowest BCUT2D eigenvalue weighted by Crippen LogP contribution is -2.35. The van der Waals surface area contributed by atoms with Gasteiger partial charge in [-0.15, -0.1) is 0 Å². The summed E-state index contributed by atoms with van der Waals surface area (Å²) in [5, 5.41) is 8.73. The van der Waals surface area contributed by atoms with E-state index in [1.165, 1.54) is 0 Å². The molecule has 2 unspecified atom stereocenters. The first-order chi connectivity index (χ1) is 5.46. The molecule has 0 aliphatic heterocycles. The van der Waals surface area contributed by atoms with Gasteiger partial charge in [-0.1, -0.05) is 20.8 Å². The fourth-order valence-corrected chi connectivity index (χ4v) is 2.16. The van der Waals surface area contributed by atoms with E-state index in [1.807, 2.05) is 6.92 Å². The van der Waals surface area contributed by atoms with Crippen molar-refractivity contribution in [3.8, 4) is 6.07 Å². The minimum atomic E-state index is -0.349. The molecule has 2 atom stereocenters. The summed E-state index contributed by atoms with van der Waals surface area (Å²) in [5.41, 5.74) is 0.101. The molecule has 1 rings (SSSR count). The van der Waals surface area contributed by atoms with Crippen LogP contribution in [0.1, 0.15) is 33.6 Å². The summed E-state index contributed by atoms with van der Waals surface area (Å²) >= 11 is 0. The first kappa shape index (κ1) is 9.25.